The van der Waals surface area contributed by atoms with Crippen LogP contribution in [-0.2, 0) is 11.3 Å². The molecule has 1 amide bonds. The lowest BCUT2D eigenvalue weighted by atomic mass is 10.2. The molecule has 0 saturated heterocycles. The number of carbonyl (C=O) groups is 1. The maximum absolute atomic E-state index is 12.0. The van der Waals surface area contributed by atoms with Crippen LogP contribution >= 0.6 is 0 Å². The first-order chi connectivity index (χ1) is 11.6. The Morgan fingerprint density at radius 2 is 1.88 bits per heavy atom. The number of benzene rings is 2. The molecule has 128 valence electrons. The topological polar surface area (TPSA) is 59.6 Å². The molecular weight excluding hydrogens is 318 g/mol. The van der Waals surface area contributed by atoms with Crippen molar-refractivity contribution in [3.8, 4) is 11.5 Å². The van der Waals surface area contributed by atoms with Crippen molar-refractivity contribution in [1.29, 1.82) is 0 Å². The van der Waals surface area contributed by atoms with E-state index in [2.05, 4.69) is 15.4 Å². The monoisotopic (exact) mass is 336 g/mol. The van der Waals surface area contributed by atoms with Crippen molar-refractivity contribution in [3.63, 3.8) is 0 Å². The summed E-state index contributed by atoms with van der Waals surface area (Å²) in [6, 6.07) is 13.3. The van der Waals surface area contributed by atoms with Crippen molar-refractivity contribution in [2.45, 2.75) is 13.2 Å². The fraction of sp³-hybridized carbons (Fsp3) is 0.235. The Bertz CT molecular complexity index is 663. The van der Waals surface area contributed by atoms with E-state index in [0.29, 0.717) is 12.2 Å². The van der Waals surface area contributed by atoms with Gasteiger partial charge in [-0.3, -0.25) is 4.79 Å². The summed E-state index contributed by atoms with van der Waals surface area (Å²) >= 11 is 0. The van der Waals surface area contributed by atoms with Gasteiger partial charge in [-0.15, -0.1) is 0 Å². The average molecular weight is 336 g/mol. The predicted molar refractivity (Wildman–Crippen MR) is 86.4 cm³/mol. The molecule has 2 aromatic rings. The van der Waals surface area contributed by atoms with Gasteiger partial charge in [-0.1, -0.05) is 12.1 Å². The van der Waals surface area contributed by atoms with Crippen LogP contribution in [0, 0.1) is 0 Å². The molecule has 7 heteroatoms. The van der Waals surface area contributed by atoms with Crippen LogP contribution in [0.4, 0.5) is 14.5 Å². The molecule has 0 saturated carbocycles. The van der Waals surface area contributed by atoms with E-state index >= 15 is 0 Å². The summed E-state index contributed by atoms with van der Waals surface area (Å²) in [6.45, 7) is -2.40. The van der Waals surface area contributed by atoms with Crippen molar-refractivity contribution in [2.24, 2.45) is 0 Å². The van der Waals surface area contributed by atoms with Crippen LogP contribution in [0.3, 0.4) is 0 Å². The third kappa shape index (κ3) is 5.75. The summed E-state index contributed by atoms with van der Waals surface area (Å²) < 4.78 is 33.5. The molecule has 24 heavy (non-hydrogen) atoms. The SMILES string of the molecule is COc1cccc(CNC(=O)CNc2ccc(OC(F)F)cc2)c1. The zero-order valence-electron chi connectivity index (χ0n) is 13.1. The van der Waals surface area contributed by atoms with E-state index in [4.69, 9.17) is 4.74 Å². The number of nitrogens with one attached hydrogen (secondary N) is 2. The van der Waals surface area contributed by atoms with Crippen molar-refractivity contribution < 1.29 is 23.0 Å². The molecule has 0 atom stereocenters. The van der Waals surface area contributed by atoms with Gasteiger partial charge in [-0.25, -0.2) is 0 Å². The molecule has 0 aliphatic rings. The minimum atomic E-state index is -2.86. The molecule has 0 aliphatic heterocycles. The largest absolute Gasteiger partial charge is 0.497 e. The summed E-state index contributed by atoms with van der Waals surface area (Å²) in [5.41, 5.74) is 1.56. The number of carbonyl (C=O) groups excluding carboxylic acids is 1. The second-order valence-electron chi connectivity index (χ2n) is 4.88. The summed E-state index contributed by atoms with van der Waals surface area (Å²) in [5.74, 6) is 0.606. The second-order valence-corrected chi connectivity index (χ2v) is 4.88. The normalized spacial score (nSPS) is 10.3. The number of amides is 1. The van der Waals surface area contributed by atoms with Crippen molar-refractivity contribution >= 4 is 11.6 Å². The lowest BCUT2D eigenvalue weighted by molar-refractivity contribution is -0.119. The summed E-state index contributed by atoms with van der Waals surface area (Å²) in [6.07, 6.45) is 0. The van der Waals surface area contributed by atoms with Gasteiger partial charge in [0, 0.05) is 12.2 Å². The molecule has 2 rings (SSSR count). The van der Waals surface area contributed by atoms with E-state index < -0.39 is 6.61 Å². The standard InChI is InChI=1S/C17H18F2N2O3/c1-23-15-4-2-3-12(9-15)10-21-16(22)11-20-13-5-7-14(8-6-13)24-17(18)19/h2-9,17,20H,10-11H2,1H3,(H,21,22). The molecule has 2 aromatic carbocycles. The van der Waals surface area contributed by atoms with Crippen molar-refractivity contribution in [1.82, 2.24) is 5.32 Å². The third-order valence-electron chi connectivity index (χ3n) is 3.16. The van der Waals surface area contributed by atoms with Gasteiger partial charge in [-0.05, 0) is 42.0 Å². The number of methoxy groups -OCH3 is 1. The number of anilines is 1. The minimum absolute atomic E-state index is 0.0676. The highest BCUT2D eigenvalue weighted by atomic mass is 19.3. The highest BCUT2D eigenvalue weighted by molar-refractivity contribution is 5.80. The van der Waals surface area contributed by atoms with Crippen molar-refractivity contribution in [2.75, 3.05) is 19.0 Å². The Balaban J connectivity index is 1.76. The number of hydrogen-bond donors (Lipinski definition) is 2. The lowest BCUT2D eigenvalue weighted by Gasteiger charge is -2.09. The summed E-state index contributed by atoms with van der Waals surface area (Å²) in [7, 11) is 1.58. The lowest BCUT2D eigenvalue weighted by Crippen LogP contribution is -2.29. The van der Waals surface area contributed by atoms with E-state index in [1.165, 1.54) is 12.1 Å². The molecule has 0 unspecified atom stereocenters. The predicted octanol–water partition coefficient (Wildman–Crippen LogP) is 3.02. The van der Waals surface area contributed by atoms with Gasteiger partial charge in [0.05, 0.1) is 13.7 Å². The number of alkyl halides is 2. The number of hydrogen-bond acceptors (Lipinski definition) is 4. The van der Waals surface area contributed by atoms with Crippen LogP contribution in [0.5, 0.6) is 11.5 Å². The number of rotatable bonds is 8. The van der Waals surface area contributed by atoms with Gasteiger partial charge in [0.1, 0.15) is 11.5 Å². The molecule has 0 spiro atoms. The maximum atomic E-state index is 12.0. The van der Waals surface area contributed by atoms with Gasteiger partial charge in [0.2, 0.25) is 5.91 Å². The molecule has 0 bridgehead atoms. The molecule has 5 nitrogen and oxygen atoms in total. The van der Waals surface area contributed by atoms with E-state index in [0.717, 1.165) is 11.3 Å². The first-order valence-corrected chi connectivity index (χ1v) is 7.25. The van der Waals surface area contributed by atoms with Crippen LogP contribution in [0.25, 0.3) is 0 Å². The summed E-state index contributed by atoms with van der Waals surface area (Å²) in [5, 5.41) is 5.68. The van der Waals surface area contributed by atoms with Gasteiger partial charge < -0.3 is 20.1 Å². The van der Waals surface area contributed by atoms with Crippen LogP contribution < -0.4 is 20.1 Å². The quantitative estimate of drug-likeness (QED) is 0.778. The highest BCUT2D eigenvalue weighted by Gasteiger charge is 2.05. The summed E-state index contributed by atoms with van der Waals surface area (Å²) in [4.78, 5) is 11.8. The molecule has 0 heterocycles. The highest BCUT2D eigenvalue weighted by Crippen LogP contribution is 2.17. The van der Waals surface area contributed by atoms with E-state index in [9.17, 15) is 13.6 Å². The van der Waals surface area contributed by atoms with Gasteiger partial charge in [-0.2, -0.15) is 8.78 Å². The average Bonchev–Trinajstić information content (AvgIpc) is 2.59. The zero-order chi connectivity index (χ0) is 17.4. The van der Waals surface area contributed by atoms with Crippen LogP contribution in [0.2, 0.25) is 0 Å². The number of halogens is 2. The fourth-order valence-corrected chi connectivity index (χ4v) is 1.98. The second kappa shape index (κ2) is 8.71. The molecule has 0 fully saturated rings. The Morgan fingerprint density at radius 3 is 2.54 bits per heavy atom. The zero-order valence-corrected chi connectivity index (χ0v) is 13.1. The molecule has 0 aliphatic carbocycles. The van der Waals surface area contributed by atoms with E-state index in [1.54, 1.807) is 19.2 Å². The third-order valence-corrected chi connectivity index (χ3v) is 3.16. The first-order valence-electron chi connectivity index (χ1n) is 7.25. The molecule has 0 radical (unpaired) electrons. The molecular formula is C17H18F2N2O3. The van der Waals surface area contributed by atoms with E-state index in [-0.39, 0.29) is 18.2 Å². The van der Waals surface area contributed by atoms with Crippen LogP contribution in [0.15, 0.2) is 48.5 Å². The first kappa shape index (κ1) is 17.5. The van der Waals surface area contributed by atoms with Gasteiger partial charge >= 0.3 is 6.61 Å². The Labute approximate surface area is 138 Å². The molecule has 0 aromatic heterocycles. The van der Waals surface area contributed by atoms with Gasteiger partial charge in [0.25, 0.3) is 0 Å². The fourth-order valence-electron chi connectivity index (χ4n) is 1.98. The van der Waals surface area contributed by atoms with E-state index in [1.807, 2.05) is 24.3 Å². The number of ether oxygens (including phenoxy) is 2. The smallest absolute Gasteiger partial charge is 0.387 e. The maximum Gasteiger partial charge on any atom is 0.387 e. The van der Waals surface area contributed by atoms with Gasteiger partial charge in [0.15, 0.2) is 0 Å². The Hall–Kier alpha value is -2.83. The Morgan fingerprint density at radius 1 is 1.12 bits per heavy atom. The van der Waals surface area contributed by atoms with Crippen LogP contribution in [0.1, 0.15) is 5.56 Å². The van der Waals surface area contributed by atoms with Crippen LogP contribution in [-0.4, -0.2) is 26.2 Å². The Kier molecular flexibility index (Phi) is 6.36. The minimum Gasteiger partial charge on any atom is -0.497 e. The van der Waals surface area contributed by atoms with Crippen molar-refractivity contribution in [3.05, 3.63) is 54.1 Å². The molecule has 2 N–H and O–H groups in total.